The lowest BCUT2D eigenvalue weighted by atomic mass is 9.84. The number of carboxylic acid groups (broad SMARTS) is 1. The van der Waals surface area contributed by atoms with Gasteiger partial charge in [0.25, 0.3) is 0 Å². The summed E-state index contributed by atoms with van der Waals surface area (Å²) in [5, 5.41) is 12.2. The molecule has 0 radical (unpaired) electrons. The quantitative estimate of drug-likeness (QED) is 0.630. The number of carboxylic acids is 1. The average molecular weight is 410 g/mol. The molecule has 0 bridgehead atoms. The summed E-state index contributed by atoms with van der Waals surface area (Å²) >= 11 is 0. The minimum Gasteiger partial charge on any atom is -0.478 e. The fourth-order valence-electron chi connectivity index (χ4n) is 3.72. The Morgan fingerprint density at radius 2 is 1.83 bits per heavy atom. The Kier molecular flexibility index (Phi) is 8.87. The van der Waals surface area contributed by atoms with Crippen molar-refractivity contribution in [1.29, 1.82) is 0 Å². The maximum atomic E-state index is 13.4. The molecular formula is C22H39N3O4. The Balaban J connectivity index is 3.07. The van der Waals surface area contributed by atoms with Crippen LogP contribution in [0.15, 0.2) is 11.6 Å². The molecule has 2 amide bonds. The Labute approximate surface area is 175 Å². The van der Waals surface area contributed by atoms with Crippen molar-refractivity contribution in [3.05, 3.63) is 11.6 Å². The van der Waals surface area contributed by atoms with E-state index in [1.54, 1.807) is 18.0 Å². The molecule has 1 rings (SSSR count). The summed E-state index contributed by atoms with van der Waals surface area (Å²) in [6.07, 6.45) is 3.41. The van der Waals surface area contributed by atoms with E-state index in [1.807, 2.05) is 41.7 Å². The Morgan fingerprint density at radius 1 is 1.24 bits per heavy atom. The zero-order valence-corrected chi connectivity index (χ0v) is 19.3. The van der Waals surface area contributed by atoms with Crippen LogP contribution in [-0.2, 0) is 14.4 Å². The molecule has 0 saturated carbocycles. The minimum absolute atomic E-state index is 0.0292. The molecule has 0 aromatic carbocycles. The molecule has 0 aliphatic carbocycles. The smallest absolute Gasteiger partial charge is 0.331 e. The molecule has 1 fully saturated rings. The fraction of sp³-hybridized carbons (Fsp3) is 0.773. The third kappa shape index (κ3) is 7.14. The maximum absolute atomic E-state index is 13.4. The van der Waals surface area contributed by atoms with Crippen molar-refractivity contribution in [2.75, 3.05) is 27.2 Å². The van der Waals surface area contributed by atoms with Crippen LogP contribution in [0.25, 0.3) is 0 Å². The molecule has 166 valence electrons. The Bertz CT molecular complexity index is 636. The second kappa shape index (κ2) is 10.2. The van der Waals surface area contributed by atoms with E-state index in [1.165, 1.54) is 6.92 Å². The fourth-order valence-corrected chi connectivity index (χ4v) is 3.72. The third-order valence-corrected chi connectivity index (χ3v) is 5.63. The van der Waals surface area contributed by atoms with Gasteiger partial charge in [-0.05, 0) is 44.7 Å². The van der Waals surface area contributed by atoms with Crippen LogP contribution in [-0.4, -0.2) is 72.0 Å². The second-order valence-corrected chi connectivity index (χ2v) is 9.75. The van der Waals surface area contributed by atoms with Gasteiger partial charge in [0.2, 0.25) is 11.8 Å². The highest BCUT2D eigenvalue weighted by Gasteiger charge is 2.38. The summed E-state index contributed by atoms with van der Waals surface area (Å²) in [7, 11) is 3.68. The lowest BCUT2D eigenvalue weighted by Crippen LogP contribution is -2.58. The summed E-state index contributed by atoms with van der Waals surface area (Å²) in [6.45, 7) is 12.9. The summed E-state index contributed by atoms with van der Waals surface area (Å²) < 4.78 is 0. The van der Waals surface area contributed by atoms with E-state index in [-0.39, 0.29) is 35.3 Å². The molecule has 1 unspecified atom stereocenters. The number of piperidine rings is 1. The summed E-state index contributed by atoms with van der Waals surface area (Å²) in [5.74, 6) is -1.38. The number of carbonyl (C=O) groups excluding carboxylic acids is 2. The van der Waals surface area contributed by atoms with Crippen LogP contribution in [0.1, 0.15) is 54.4 Å². The molecule has 0 spiro atoms. The van der Waals surface area contributed by atoms with Gasteiger partial charge in [-0.1, -0.05) is 40.7 Å². The predicted octanol–water partition coefficient (Wildman–Crippen LogP) is 2.37. The largest absolute Gasteiger partial charge is 0.478 e. The van der Waals surface area contributed by atoms with Crippen molar-refractivity contribution in [3.63, 3.8) is 0 Å². The van der Waals surface area contributed by atoms with Crippen molar-refractivity contribution in [3.8, 4) is 0 Å². The first-order valence-electron chi connectivity index (χ1n) is 10.4. The van der Waals surface area contributed by atoms with Gasteiger partial charge in [-0.2, -0.15) is 0 Å². The summed E-state index contributed by atoms with van der Waals surface area (Å²) in [6, 6.07) is -1.06. The van der Waals surface area contributed by atoms with Gasteiger partial charge >= 0.3 is 5.97 Å². The van der Waals surface area contributed by atoms with Crippen LogP contribution in [0, 0.1) is 17.3 Å². The highest BCUT2D eigenvalue weighted by molar-refractivity contribution is 5.90. The van der Waals surface area contributed by atoms with E-state index < -0.39 is 17.4 Å². The lowest BCUT2D eigenvalue weighted by Gasteiger charge is -2.38. The van der Waals surface area contributed by atoms with Crippen molar-refractivity contribution in [1.82, 2.24) is 15.1 Å². The first kappa shape index (κ1) is 25.1. The number of rotatable bonds is 7. The van der Waals surface area contributed by atoms with Gasteiger partial charge in [0.15, 0.2) is 0 Å². The molecular weight excluding hydrogens is 370 g/mol. The number of hydrogen-bond acceptors (Lipinski definition) is 4. The van der Waals surface area contributed by atoms with Gasteiger partial charge in [-0.25, -0.2) is 4.79 Å². The van der Waals surface area contributed by atoms with Gasteiger partial charge in [-0.15, -0.1) is 0 Å². The van der Waals surface area contributed by atoms with Gasteiger partial charge in [0, 0.05) is 19.2 Å². The van der Waals surface area contributed by atoms with Gasteiger partial charge in [-0.3, -0.25) is 9.59 Å². The number of nitrogens with zero attached hydrogens (tertiary/aromatic N) is 2. The van der Waals surface area contributed by atoms with E-state index in [4.69, 9.17) is 0 Å². The van der Waals surface area contributed by atoms with Crippen LogP contribution < -0.4 is 5.32 Å². The van der Waals surface area contributed by atoms with Crippen LogP contribution >= 0.6 is 0 Å². The van der Waals surface area contributed by atoms with Gasteiger partial charge in [0.05, 0.1) is 12.0 Å². The SMILES string of the molecule is CC(=C[C@H](C(C)C)N(C)C(=O)[C@@H](NC(=O)C1CCCN(C)C1)C(C)(C)C)C(=O)O. The monoisotopic (exact) mass is 409 g/mol. The normalized spacial score (nSPS) is 20.9. The molecule has 1 aliphatic rings. The standard InChI is InChI=1S/C22H39N3O4/c1-14(2)17(12-15(3)21(28)29)25(8)20(27)18(22(4,5)6)23-19(26)16-10-9-11-24(7)13-16/h12,14,16-18H,9-11,13H2,1-8H3,(H,23,26)(H,28,29)/t16?,17-,18-/m1/s1. The molecule has 1 aliphatic heterocycles. The third-order valence-electron chi connectivity index (χ3n) is 5.63. The molecule has 0 aromatic heterocycles. The van der Waals surface area contributed by atoms with Crippen LogP contribution in [0.2, 0.25) is 0 Å². The number of nitrogens with one attached hydrogen (secondary N) is 1. The first-order valence-corrected chi connectivity index (χ1v) is 10.4. The van der Waals surface area contributed by atoms with E-state index in [0.29, 0.717) is 6.54 Å². The van der Waals surface area contributed by atoms with Crippen molar-refractivity contribution < 1.29 is 19.5 Å². The molecule has 3 atom stereocenters. The topological polar surface area (TPSA) is 90.0 Å². The van der Waals surface area contributed by atoms with Crippen molar-refractivity contribution in [2.45, 2.75) is 66.5 Å². The zero-order valence-electron chi connectivity index (χ0n) is 19.3. The van der Waals surface area contributed by atoms with E-state index in [9.17, 15) is 19.5 Å². The second-order valence-electron chi connectivity index (χ2n) is 9.75. The van der Waals surface area contributed by atoms with E-state index >= 15 is 0 Å². The van der Waals surface area contributed by atoms with Crippen LogP contribution in [0.3, 0.4) is 0 Å². The van der Waals surface area contributed by atoms with Crippen molar-refractivity contribution >= 4 is 17.8 Å². The number of hydrogen-bond donors (Lipinski definition) is 2. The molecule has 2 N–H and O–H groups in total. The highest BCUT2D eigenvalue weighted by atomic mass is 16.4. The molecule has 1 heterocycles. The number of likely N-dealkylation sites (N-methyl/N-ethyl adjacent to an activating group) is 1. The Hall–Kier alpha value is -1.89. The van der Waals surface area contributed by atoms with E-state index in [2.05, 4.69) is 10.2 Å². The number of likely N-dealkylation sites (tertiary alicyclic amines) is 1. The van der Waals surface area contributed by atoms with Gasteiger partial charge in [0.1, 0.15) is 6.04 Å². The highest BCUT2D eigenvalue weighted by Crippen LogP contribution is 2.25. The first-order chi connectivity index (χ1) is 13.3. The number of aliphatic carboxylic acids is 1. The molecule has 29 heavy (non-hydrogen) atoms. The predicted molar refractivity (Wildman–Crippen MR) is 114 cm³/mol. The molecule has 7 heteroatoms. The minimum atomic E-state index is -1.00. The maximum Gasteiger partial charge on any atom is 0.331 e. The molecule has 0 aromatic rings. The van der Waals surface area contributed by atoms with Crippen LogP contribution in [0.4, 0.5) is 0 Å². The van der Waals surface area contributed by atoms with Crippen molar-refractivity contribution in [2.24, 2.45) is 17.3 Å². The average Bonchev–Trinajstić information content (AvgIpc) is 2.61. The number of carbonyl (C=O) groups is 3. The zero-order chi connectivity index (χ0) is 22.5. The van der Waals surface area contributed by atoms with E-state index in [0.717, 1.165) is 19.4 Å². The van der Waals surface area contributed by atoms with Crippen LogP contribution in [0.5, 0.6) is 0 Å². The summed E-state index contributed by atoms with van der Waals surface area (Å²) in [5.41, 5.74) is -0.279. The lowest BCUT2D eigenvalue weighted by molar-refractivity contribution is -0.141. The molecule has 1 saturated heterocycles. The van der Waals surface area contributed by atoms with Gasteiger partial charge < -0.3 is 20.2 Å². The Morgan fingerprint density at radius 3 is 2.28 bits per heavy atom. The summed E-state index contributed by atoms with van der Waals surface area (Å²) in [4.78, 5) is 41.3. The number of amides is 2. The molecule has 7 nitrogen and oxygen atoms in total.